The van der Waals surface area contributed by atoms with Gasteiger partial charge >= 0.3 is 6.09 Å². The number of halogens is 1. The number of anilines is 2. The second-order valence-electron chi connectivity index (χ2n) is 6.92. The molecule has 2 rings (SSSR count). The van der Waals surface area contributed by atoms with E-state index in [-0.39, 0.29) is 17.5 Å². The number of nitro benzene ring substituents is 1. The zero-order chi connectivity index (χ0) is 18.8. The van der Waals surface area contributed by atoms with Crippen molar-refractivity contribution < 1.29 is 19.6 Å². The first-order valence-corrected chi connectivity index (χ1v) is 9.05. The normalized spacial score (nSPS) is 15.8. The number of hydrogen-bond donors (Lipinski definition) is 2. The number of nitrogens with one attached hydrogen (secondary N) is 1. The summed E-state index contributed by atoms with van der Waals surface area (Å²) in [7, 11) is 0. The number of ether oxygens (including phenoxy) is 1. The third-order valence-electron chi connectivity index (χ3n) is 3.70. The van der Waals surface area contributed by atoms with Crippen LogP contribution in [0.15, 0.2) is 12.1 Å². The Kier molecular flexibility index (Phi) is 6.09. The molecule has 1 aliphatic rings. The number of rotatable bonds is 3. The Labute approximate surface area is 159 Å². The lowest BCUT2D eigenvalue weighted by molar-refractivity contribution is -0.384. The molecule has 0 atom stereocenters. The highest BCUT2D eigenvalue weighted by Gasteiger charge is 2.25. The molecule has 2 N–H and O–H groups in total. The number of carbonyl (C=O) groups is 1. The molecule has 138 valence electrons. The molecule has 1 aromatic carbocycles. The van der Waals surface area contributed by atoms with Gasteiger partial charge in [-0.25, -0.2) is 4.79 Å². The first-order chi connectivity index (χ1) is 11.6. The zero-order valence-corrected chi connectivity index (χ0v) is 16.6. The summed E-state index contributed by atoms with van der Waals surface area (Å²) in [5, 5.41) is 23.5. The Morgan fingerprint density at radius 2 is 2.00 bits per heavy atom. The third kappa shape index (κ3) is 5.43. The van der Waals surface area contributed by atoms with E-state index in [2.05, 4.69) is 10.2 Å². The molecular formula is C16H22IN3O5. The summed E-state index contributed by atoms with van der Waals surface area (Å²) in [6, 6.07) is 3.04. The van der Waals surface area contributed by atoms with Gasteiger partial charge in [0.25, 0.3) is 5.69 Å². The first-order valence-electron chi connectivity index (χ1n) is 7.98. The SMILES string of the molecule is CC(C)(C)OC(=O)Nc1cc(N2CCC(O)CC2)c(I)cc1[N+](=O)[O-]. The number of piperidine rings is 1. The predicted molar refractivity (Wildman–Crippen MR) is 103 cm³/mol. The van der Waals surface area contributed by atoms with Crippen molar-refractivity contribution in [3.8, 4) is 0 Å². The molecule has 9 heteroatoms. The van der Waals surface area contributed by atoms with Crippen LogP contribution >= 0.6 is 22.6 Å². The number of nitro groups is 1. The third-order valence-corrected chi connectivity index (χ3v) is 4.57. The molecule has 1 saturated heterocycles. The highest BCUT2D eigenvalue weighted by molar-refractivity contribution is 14.1. The van der Waals surface area contributed by atoms with E-state index in [1.54, 1.807) is 26.8 Å². The fraction of sp³-hybridized carbons (Fsp3) is 0.562. The minimum atomic E-state index is -0.739. The number of benzene rings is 1. The van der Waals surface area contributed by atoms with Crippen molar-refractivity contribution in [1.82, 2.24) is 0 Å². The van der Waals surface area contributed by atoms with Crippen LogP contribution in [0.4, 0.5) is 21.9 Å². The van der Waals surface area contributed by atoms with Gasteiger partial charge in [-0.05, 0) is 62.3 Å². The molecule has 1 heterocycles. The lowest BCUT2D eigenvalue weighted by Gasteiger charge is -2.32. The van der Waals surface area contributed by atoms with Gasteiger partial charge in [0, 0.05) is 22.7 Å². The van der Waals surface area contributed by atoms with Crippen LogP contribution in [0.2, 0.25) is 0 Å². The lowest BCUT2D eigenvalue weighted by atomic mass is 10.1. The molecule has 0 bridgehead atoms. The van der Waals surface area contributed by atoms with Gasteiger partial charge in [-0.1, -0.05) is 0 Å². The van der Waals surface area contributed by atoms with Gasteiger partial charge in [-0.3, -0.25) is 15.4 Å². The summed E-state index contributed by atoms with van der Waals surface area (Å²) < 4.78 is 5.90. The number of aliphatic hydroxyl groups is 1. The minimum Gasteiger partial charge on any atom is -0.444 e. The first kappa shape index (κ1) is 19.7. The summed E-state index contributed by atoms with van der Waals surface area (Å²) in [6.07, 6.45) is 0.229. The molecule has 0 unspecified atom stereocenters. The predicted octanol–water partition coefficient (Wildman–Crippen LogP) is 3.51. The smallest absolute Gasteiger partial charge is 0.412 e. The minimum absolute atomic E-state index is 0.0980. The average molecular weight is 463 g/mol. The van der Waals surface area contributed by atoms with E-state index in [9.17, 15) is 20.0 Å². The Hall–Kier alpha value is -1.62. The van der Waals surface area contributed by atoms with E-state index >= 15 is 0 Å². The van der Waals surface area contributed by atoms with E-state index in [0.717, 1.165) is 9.26 Å². The van der Waals surface area contributed by atoms with E-state index in [4.69, 9.17) is 4.74 Å². The van der Waals surface area contributed by atoms with Crippen molar-refractivity contribution in [1.29, 1.82) is 0 Å². The average Bonchev–Trinajstić information content (AvgIpc) is 2.47. The molecule has 1 aromatic rings. The fourth-order valence-corrected chi connectivity index (χ4v) is 3.36. The van der Waals surface area contributed by atoms with E-state index in [1.807, 2.05) is 22.6 Å². The van der Waals surface area contributed by atoms with E-state index < -0.39 is 16.6 Å². The summed E-state index contributed by atoms with van der Waals surface area (Å²) in [5.74, 6) is 0. The summed E-state index contributed by atoms with van der Waals surface area (Å²) in [6.45, 7) is 6.47. The molecule has 0 aliphatic carbocycles. The van der Waals surface area contributed by atoms with Gasteiger partial charge < -0.3 is 14.7 Å². The molecular weight excluding hydrogens is 441 g/mol. The quantitative estimate of drug-likeness (QED) is 0.404. The molecule has 1 amide bonds. The highest BCUT2D eigenvalue weighted by atomic mass is 127. The number of hydrogen-bond acceptors (Lipinski definition) is 6. The molecule has 0 spiro atoms. The number of carbonyl (C=O) groups excluding carboxylic acids is 1. The Morgan fingerprint density at radius 3 is 2.52 bits per heavy atom. The fourth-order valence-electron chi connectivity index (χ4n) is 2.57. The van der Waals surface area contributed by atoms with Gasteiger partial charge in [0.1, 0.15) is 11.3 Å². The largest absolute Gasteiger partial charge is 0.444 e. The van der Waals surface area contributed by atoms with Crippen molar-refractivity contribution >= 4 is 45.7 Å². The van der Waals surface area contributed by atoms with Crippen LogP contribution in [0.25, 0.3) is 0 Å². The number of aliphatic hydroxyl groups excluding tert-OH is 1. The van der Waals surface area contributed by atoms with Crippen molar-refractivity contribution in [3.63, 3.8) is 0 Å². The van der Waals surface area contributed by atoms with E-state index in [1.165, 1.54) is 6.07 Å². The van der Waals surface area contributed by atoms with Crippen LogP contribution in [-0.2, 0) is 4.74 Å². The molecule has 1 fully saturated rings. The maximum atomic E-state index is 12.0. The molecule has 0 radical (unpaired) electrons. The molecule has 0 saturated carbocycles. The Bertz CT molecular complexity index is 666. The molecule has 25 heavy (non-hydrogen) atoms. The van der Waals surface area contributed by atoms with Crippen molar-refractivity contribution in [3.05, 3.63) is 25.8 Å². The zero-order valence-electron chi connectivity index (χ0n) is 14.4. The topological polar surface area (TPSA) is 105 Å². The summed E-state index contributed by atoms with van der Waals surface area (Å²) in [5.41, 5.74) is 0.00877. The van der Waals surface area contributed by atoms with Gasteiger partial charge in [-0.15, -0.1) is 0 Å². The second-order valence-corrected chi connectivity index (χ2v) is 8.09. The Balaban J connectivity index is 2.31. The van der Waals surface area contributed by atoms with E-state index in [0.29, 0.717) is 25.9 Å². The van der Waals surface area contributed by atoms with Crippen LogP contribution < -0.4 is 10.2 Å². The molecule has 1 aliphatic heterocycles. The van der Waals surface area contributed by atoms with Gasteiger partial charge in [-0.2, -0.15) is 0 Å². The lowest BCUT2D eigenvalue weighted by Crippen LogP contribution is -2.36. The van der Waals surface area contributed by atoms with Crippen molar-refractivity contribution in [2.24, 2.45) is 0 Å². The summed E-state index contributed by atoms with van der Waals surface area (Å²) in [4.78, 5) is 24.9. The summed E-state index contributed by atoms with van der Waals surface area (Å²) >= 11 is 2.05. The van der Waals surface area contributed by atoms with Crippen LogP contribution in [0.3, 0.4) is 0 Å². The Morgan fingerprint density at radius 1 is 1.40 bits per heavy atom. The standard InChI is InChI=1S/C16H22IN3O5/c1-16(2,3)25-15(22)18-12-9-13(11(17)8-14(12)20(23)24)19-6-4-10(21)5-7-19/h8-10,21H,4-7H2,1-3H3,(H,18,22). The number of nitrogens with zero attached hydrogens (tertiary/aromatic N) is 2. The van der Waals surface area contributed by atoms with Gasteiger partial charge in [0.2, 0.25) is 0 Å². The number of amides is 1. The monoisotopic (exact) mass is 463 g/mol. The highest BCUT2D eigenvalue weighted by Crippen LogP contribution is 2.35. The van der Waals surface area contributed by atoms with Crippen LogP contribution in [0.1, 0.15) is 33.6 Å². The van der Waals surface area contributed by atoms with Gasteiger partial charge in [0.05, 0.1) is 16.7 Å². The van der Waals surface area contributed by atoms with Crippen LogP contribution in [-0.4, -0.2) is 40.9 Å². The molecule has 8 nitrogen and oxygen atoms in total. The maximum absolute atomic E-state index is 12.0. The van der Waals surface area contributed by atoms with Gasteiger partial charge in [0.15, 0.2) is 0 Å². The van der Waals surface area contributed by atoms with Crippen LogP contribution in [0.5, 0.6) is 0 Å². The maximum Gasteiger partial charge on any atom is 0.412 e. The van der Waals surface area contributed by atoms with Crippen LogP contribution in [0, 0.1) is 13.7 Å². The van der Waals surface area contributed by atoms with Crippen molar-refractivity contribution in [2.45, 2.75) is 45.3 Å². The second kappa shape index (κ2) is 7.73. The van der Waals surface area contributed by atoms with Crippen molar-refractivity contribution in [2.75, 3.05) is 23.3 Å². The molecule has 0 aromatic heterocycles.